The maximum Gasteiger partial charge on any atom is 0.243 e. The number of hydrogen-bond acceptors (Lipinski definition) is 2. The van der Waals surface area contributed by atoms with Crippen LogP contribution < -0.4 is 11.1 Å². The fraction of sp³-hybridized carbons (Fsp3) is 0.300. The second-order valence-electron chi connectivity index (χ2n) is 3.92. The number of anilines is 1. The SMILES string of the molecule is CC(C)(N)C(=O)Nc1c(Br)cc(Br)cc1Br. The van der Waals surface area contributed by atoms with Crippen molar-refractivity contribution in [3.8, 4) is 0 Å². The molecular formula is C10H11Br3N2O. The average Bonchev–Trinajstić information content (AvgIpc) is 2.08. The second kappa shape index (κ2) is 5.16. The molecule has 3 nitrogen and oxygen atoms in total. The lowest BCUT2D eigenvalue weighted by Gasteiger charge is -2.19. The van der Waals surface area contributed by atoms with Crippen LogP contribution in [0, 0.1) is 0 Å². The quantitative estimate of drug-likeness (QED) is 0.776. The van der Waals surface area contributed by atoms with Gasteiger partial charge in [-0.15, -0.1) is 0 Å². The second-order valence-corrected chi connectivity index (χ2v) is 6.54. The van der Waals surface area contributed by atoms with Gasteiger partial charge in [0, 0.05) is 13.4 Å². The monoisotopic (exact) mass is 412 g/mol. The zero-order valence-electron chi connectivity index (χ0n) is 8.77. The van der Waals surface area contributed by atoms with Crippen LogP contribution in [0.15, 0.2) is 25.6 Å². The Bertz CT molecular complexity index is 404. The van der Waals surface area contributed by atoms with E-state index in [2.05, 4.69) is 53.1 Å². The van der Waals surface area contributed by atoms with Crippen LogP contribution in [-0.2, 0) is 4.79 Å². The van der Waals surface area contributed by atoms with E-state index < -0.39 is 5.54 Å². The van der Waals surface area contributed by atoms with Gasteiger partial charge in [-0.1, -0.05) is 15.9 Å². The number of carbonyl (C=O) groups excluding carboxylic acids is 1. The van der Waals surface area contributed by atoms with E-state index >= 15 is 0 Å². The van der Waals surface area contributed by atoms with Crippen LogP contribution in [0.25, 0.3) is 0 Å². The predicted octanol–water partition coefficient (Wildman–Crippen LogP) is 3.65. The van der Waals surface area contributed by atoms with Crippen molar-refractivity contribution in [2.45, 2.75) is 19.4 Å². The van der Waals surface area contributed by atoms with E-state index in [1.807, 2.05) is 12.1 Å². The lowest BCUT2D eigenvalue weighted by Crippen LogP contribution is -2.45. The van der Waals surface area contributed by atoms with E-state index in [4.69, 9.17) is 5.73 Å². The van der Waals surface area contributed by atoms with Crippen molar-refractivity contribution in [3.05, 3.63) is 25.6 Å². The third-order valence-electron chi connectivity index (χ3n) is 1.83. The van der Waals surface area contributed by atoms with Gasteiger partial charge < -0.3 is 11.1 Å². The molecular weight excluding hydrogens is 404 g/mol. The molecule has 0 aliphatic carbocycles. The molecule has 0 fully saturated rings. The Morgan fingerprint density at radius 1 is 1.25 bits per heavy atom. The summed E-state index contributed by atoms with van der Waals surface area (Å²) in [6, 6.07) is 3.70. The highest BCUT2D eigenvalue weighted by Crippen LogP contribution is 2.34. The molecule has 0 spiro atoms. The van der Waals surface area contributed by atoms with Gasteiger partial charge in [0.15, 0.2) is 0 Å². The molecule has 0 unspecified atom stereocenters. The fourth-order valence-electron chi connectivity index (χ4n) is 0.936. The van der Waals surface area contributed by atoms with Gasteiger partial charge in [-0.05, 0) is 57.8 Å². The van der Waals surface area contributed by atoms with Crippen molar-refractivity contribution in [1.29, 1.82) is 0 Å². The van der Waals surface area contributed by atoms with Crippen LogP contribution in [-0.4, -0.2) is 11.4 Å². The van der Waals surface area contributed by atoms with E-state index in [0.29, 0.717) is 5.69 Å². The zero-order valence-corrected chi connectivity index (χ0v) is 13.5. The molecule has 0 aliphatic rings. The van der Waals surface area contributed by atoms with E-state index in [1.54, 1.807) is 13.8 Å². The van der Waals surface area contributed by atoms with Gasteiger partial charge in [0.1, 0.15) is 0 Å². The van der Waals surface area contributed by atoms with Gasteiger partial charge in [-0.3, -0.25) is 4.79 Å². The largest absolute Gasteiger partial charge is 0.323 e. The average molecular weight is 415 g/mol. The molecule has 6 heteroatoms. The Balaban J connectivity index is 3.03. The molecule has 1 amide bonds. The molecule has 0 bridgehead atoms. The predicted molar refractivity (Wildman–Crippen MR) is 76.4 cm³/mol. The first-order valence-corrected chi connectivity index (χ1v) is 6.84. The van der Waals surface area contributed by atoms with Gasteiger partial charge >= 0.3 is 0 Å². The highest BCUT2D eigenvalue weighted by Gasteiger charge is 2.23. The van der Waals surface area contributed by atoms with Crippen LogP contribution >= 0.6 is 47.8 Å². The molecule has 1 rings (SSSR count). The van der Waals surface area contributed by atoms with Crippen molar-refractivity contribution < 1.29 is 4.79 Å². The normalized spacial score (nSPS) is 11.4. The molecule has 0 aliphatic heterocycles. The maximum atomic E-state index is 11.7. The summed E-state index contributed by atoms with van der Waals surface area (Å²) in [6.45, 7) is 3.31. The van der Waals surface area contributed by atoms with Crippen LogP contribution in [0.5, 0.6) is 0 Å². The Hall–Kier alpha value is 0.0900. The lowest BCUT2D eigenvalue weighted by atomic mass is 10.1. The molecule has 0 radical (unpaired) electrons. The first-order valence-electron chi connectivity index (χ1n) is 4.46. The molecule has 16 heavy (non-hydrogen) atoms. The summed E-state index contributed by atoms with van der Waals surface area (Å²) in [5.74, 6) is -0.240. The van der Waals surface area contributed by atoms with Gasteiger partial charge in [-0.2, -0.15) is 0 Å². The summed E-state index contributed by atoms with van der Waals surface area (Å²) >= 11 is 10.1. The van der Waals surface area contributed by atoms with Crippen LogP contribution in [0.1, 0.15) is 13.8 Å². The first-order chi connectivity index (χ1) is 7.21. The Kier molecular flexibility index (Phi) is 4.57. The van der Waals surface area contributed by atoms with Gasteiger partial charge in [-0.25, -0.2) is 0 Å². The van der Waals surface area contributed by atoms with Crippen molar-refractivity contribution >= 4 is 59.4 Å². The molecule has 88 valence electrons. The Morgan fingerprint density at radius 3 is 2.06 bits per heavy atom. The number of halogens is 3. The number of nitrogens with two attached hydrogens (primary N) is 1. The Morgan fingerprint density at radius 2 is 1.69 bits per heavy atom. The summed E-state index contributed by atoms with van der Waals surface area (Å²) in [5, 5.41) is 2.77. The maximum absolute atomic E-state index is 11.7. The smallest absolute Gasteiger partial charge is 0.243 e. The summed E-state index contributed by atoms with van der Waals surface area (Å²) in [7, 11) is 0. The van der Waals surface area contributed by atoms with E-state index in [9.17, 15) is 4.79 Å². The van der Waals surface area contributed by atoms with E-state index in [1.165, 1.54) is 0 Å². The minimum absolute atomic E-state index is 0.240. The molecule has 0 heterocycles. The number of amides is 1. The third-order valence-corrected chi connectivity index (χ3v) is 3.54. The molecule has 0 atom stereocenters. The number of carbonyl (C=O) groups is 1. The van der Waals surface area contributed by atoms with Crippen LogP contribution in [0.4, 0.5) is 5.69 Å². The van der Waals surface area contributed by atoms with Crippen LogP contribution in [0.3, 0.4) is 0 Å². The van der Waals surface area contributed by atoms with Crippen molar-refractivity contribution in [1.82, 2.24) is 0 Å². The number of nitrogens with one attached hydrogen (secondary N) is 1. The van der Waals surface area contributed by atoms with E-state index in [0.717, 1.165) is 13.4 Å². The third kappa shape index (κ3) is 3.55. The molecule has 3 N–H and O–H groups in total. The fourth-order valence-corrected chi connectivity index (χ4v) is 3.39. The standard InChI is InChI=1S/C10H11Br3N2O/c1-10(2,14)9(16)15-8-6(12)3-5(11)4-7(8)13/h3-4H,14H2,1-2H3,(H,15,16). The topological polar surface area (TPSA) is 55.1 Å². The molecule has 1 aromatic carbocycles. The van der Waals surface area contributed by atoms with Crippen molar-refractivity contribution in [2.75, 3.05) is 5.32 Å². The Labute approximate surface area is 120 Å². The molecule has 1 aromatic rings. The number of benzene rings is 1. The molecule has 0 saturated carbocycles. The zero-order chi connectivity index (χ0) is 12.5. The summed E-state index contributed by atoms with van der Waals surface area (Å²) in [5.41, 5.74) is 5.47. The summed E-state index contributed by atoms with van der Waals surface area (Å²) in [4.78, 5) is 11.7. The number of hydrogen-bond donors (Lipinski definition) is 2. The minimum atomic E-state index is -0.911. The van der Waals surface area contributed by atoms with Crippen molar-refractivity contribution in [3.63, 3.8) is 0 Å². The van der Waals surface area contributed by atoms with Gasteiger partial charge in [0.2, 0.25) is 5.91 Å². The van der Waals surface area contributed by atoms with Crippen molar-refractivity contribution in [2.24, 2.45) is 5.73 Å². The van der Waals surface area contributed by atoms with E-state index in [-0.39, 0.29) is 5.91 Å². The highest BCUT2D eigenvalue weighted by molar-refractivity contribution is 9.11. The summed E-state index contributed by atoms with van der Waals surface area (Å²) < 4.78 is 2.48. The first kappa shape index (κ1) is 14.2. The molecule has 0 saturated heterocycles. The summed E-state index contributed by atoms with van der Waals surface area (Å²) in [6.07, 6.45) is 0. The lowest BCUT2D eigenvalue weighted by molar-refractivity contribution is -0.120. The molecule has 0 aromatic heterocycles. The van der Waals surface area contributed by atoms with Crippen LogP contribution in [0.2, 0.25) is 0 Å². The van der Waals surface area contributed by atoms with Gasteiger partial charge in [0.05, 0.1) is 11.2 Å². The minimum Gasteiger partial charge on any atom is -0.323 e. The highest BCUT2D eigenvalue weighted by atomic mass is 79.9. The van der Waals surface area contributed by atoms with Gasteiger partial charge in [0.25, 0.3) is 0 Å². The number of rotatable bonds is 2.